The zero-order valence-corrected chi connectivity index (χ0v) is 18.2. The van der Waals surface area contributed by atoms with Crippen molar-refractivity contribution in [3.05, 3.63) is 41.5 Å². The van der Waals surface area contributed by atoms with E-state index in [9.17, 15) is 18.0 Å². The van der Waals surface area contributed by atoms with Gasteiger partial charge in [0, 0.05) is 12.6 Å². The summed E-state index contributed by atoms with van der Waals surface area (Å²) >= 11 is 1.53. The summed E-state index contributed by atoms with van der Waals surface area (Å²) in [7, 11) is -4.11. The molecule has 0 aliphatic carbocycles. The molecule has 3 aromatic heterocycles. The van der Waals surface area contributed by atoms with Gasteiger partial charge in [0.1, 0.15) is 6.04 Å². The predicted molar refractivity (Wildman–Crippen MR) is 112 cm³/mol. The molecule has 10 nitrogen and oxygen atoms in total. The highest BCUT2D eigenvalue weighted by atomic mass is 32.2. The molecule has 0 bridgehead atoms. The number of aromatic nitrogens is 2. The molecule has 1 aliphatic rings. The molecule has 1 unspecified atom stereocenters. The van der Waals surface area contributed by atoms with Gasteiger partial charge in [0.15, 0.2) is 5.82 Å². The highest BCUT2D eigenvalue weighted by Crippen LogP contribution is 2.29. The van der Waals surface area contributed by atoms with Gasteiger partial charge in [0.05, 0.1) is 17.2 Å². The van der Waals surface area contributed by atoms with Crippen LogP contribution in [0.5, 0.6) is 0 Å². The summed E-state index contributed by atoms with van der Waals surface area (Å²) in [5.41, 5.74) is 0.753. The van der Waals surface area contributed by atoms with Gasteiger partial charge < -0.3 is 14.5 Å². The van der Waals surface area contributed by atoms with Gasteiger partial charge in [-0.2, -0.15) is 9.40 Å². The van der Waals surface area contributed by atoms with E-state index in [4.69, 9.17) is 9.15 Å². The minimum absolute atomic E-state index is 0.136. The molecule has 164 valence electrons. The average molecular weight is 465 g/mol. The van der Waals surface area contributed by atoms with Crippen LogP contribution in [-0.4, -0.2) is 54.0 Å². The van der Waals surface area contributed by atoms with E-state index in [-0.39, 0.29) is 18.9 Å². The van der Waals surface area contributed by atoms with Crippen molar-refractivity contribution in [3.63, 3.8) is 0 Å². The summed E-state index contributed by atoms with van der Waals surface area (Å²) in [6, 6.07) is 7.03. The Morgan fingerprint density at radius 2 is 2.23 bits per heavy atom. The van der Waals surface area contributed by atoms with Gasteiger partial charge in [-0.05, 0) is 43.3 Å². The average Bonchev–Trinajstić information content (AvgIpc) is 3.55. The largest absolute Gasteiger partial charge is 0.460 e. The Morgan fingerprint density at radius 1 is 1.39 bits per heavy atom. The van der Waals surface area contributed by atoms with Gasteiger partial charge >= 0.3 is 5.97 Å². The lowest BCUT2D eigenvalue weighted by atomic mass is 10.2. The third-order valence-electron chi connectivity index (χ3n) is 4.74. The quantitative estimate of drug-likeness (QED) is 0.513. The van der Waals surface area contributed by atoms with E-state index in [2.05, 4.69) is 15.5 Å². The lowest BCUT2D eigenvalue weighted by molar-refractivity contribution is -0.119. The number of rotatable bonds is 7. The molecule has 31 heavy (non-hydrogen) atoms. The molecule has 1 fully saturated rings. The second-order valence-corrected chi connectivity index (χ2v) is 9.52. The first-order chi connectivity index (χ1) is 14.9. The van der Waals surface area contributed by atoms with Crippen LogP contribution in [0.2, 0.25) is 0 Å². The fourth-order valence-electron chi connectivity index (χ4n) is 3.33. The molecule has 0 aromatic carbocycles. The van der Waals surface area contributed by atoms with E-state index in [1.165, 1.54) is 23.5 Å². The first kappa shape index (κ1) is 21.3. The molecular weight excluding hydrogens is 444 g/mol. The van der Waals surface area contributed by atoms with Crippen molar-refractivity contribution >= 4 is 39.1 Å². The Bertz CT molecular complexity index is 1180. The molecule has 2 N–H and O–H groups in total. The molecule has 0 radical (unpaired) electrons. The third kappa shape index (κ3) is 4.27. The zero-order chi connectivity index (χ0) is 22.0. The van der Waals surface area contributed by atoms with Crippen LogP contribution < -0.4 is 5.32 Å². The van der Waals surface area contributed by atoms with Crippen molar-refractivity contribution in [1.82, 2.24) is 14.5 Å². The van der Waals surface area contributed by atoms with Crippen molar-refractivity contribution in [2.75, 3.05) is 18.5 Å². The number of esters is 1. The number of sulfonamides is 1. The molecule has 1 atom stereocenters. The zero-order valence-electron chi connectivity index (χ0n) is 16.5. The number of aromatic amines is 1. The Kier molecular flexibility index (Phi) is 5.94. The number of nitrogens with one attached hydrogen (secondary N) is 2. The van der Waals surface area contributed by atoms with E-state index in [0.29, 0.717) is 18.7 Å². The van der Waals surface area contributed by atoms with Gasteiger partial charge in [-0.3, -0.25) is 9.89 Å². The molecule has 0 saturated carbocycles. The van der Waals surface area contributed by atoms with Crippen molar-refractivity contribution in [2.24, 2.45) is 0 Å². The van der Waals surface area contributed by atoms with E-state index in [1.807, 2.05) is 17.5 Å². The van der Waals surface area contributed by atoms with Gasteiger partial charge in [0.2, 0.25) is 16.8 Å². The molecule has 1 saturated heterocycles. The summed E-state index contributed by atoms with van der Waals surface area (Å²) in [6.45, 7) is 1.93. The summed E-state index contributed by atoms with van der Waals surface area (Å²) in [4.78, 5) is 25.6. The minimum atomic E-state index is -4.11. The van der Waals surface area contributed by atoms with Gasteiger partial charge in [-0.1, -0.05) is 6.07 Å². The molecular formula is C19H20N4O6S2. The number of hydrogen-bond acceptors (Lipinski definition) is 8. The van der Waals surface area contributed by atoms with Gasteiger partial charge in [0.25, 0.3) is 10.0 Å². The number of thiophene rings is 1. The van der Waals surface area contributed by atoms with Crippen molar-refractivity contribution in [3.8, 4) is 10.6 Å². The Morgan fingerprint density at radius 3 is 2.97 bits per heavy atom. The fraction of sp³-hybridized carbons (Fsp3) is 0.316. The van der Waals surface area contributed by atoms with Crippen LogP contribution in [0.15, 0.2) is 45.2 Å². The number of carbonyl (C=O) groups is 2. The van der Waals surface area contributed by atoms with Crippen molar-refractivity contribution < 1.29 is 27.2 Å². The van der Waals surface area contributed by atoms with Crippen LogP contribution in [0.4, 0.5) is 5.82 Å². The van der Waals surface area contributed by atoms with Gasteiger partial charge in [-0.25, -0.2) is 13.2 Å². The van der Waals surface area contributed by atoms with Gasteiger partial charge in [-0.15, -0.1) is 11.3 Å². The maximum absolute atomic E-state index is 13.0. The first-order valence-electron chi connectivity index (χ1n) is 9.59. The highest BCUT2D eigenvalue weighted by Gasteiger charge is 2.41. The predicted octanol–water partition coefficient (Wildman–Crippen LogP) is 2.70. The molecule has 0 spiro atoms. The standard InChI is InChI=1S/C19H20N4O6S2/c1-2-28-19(25)14-7-8-17(29-14)31(26,27)23-9-3-5-13(23)18(24)20-16-11-12(21-22-16)15-6-4-10-30-15/h4,6-8,10-11,13H,2-3,5,9H2,1H3,(H2,20,21,22,24). The van der Waals surface area contributed by atoms with E-state index in [0.717, 1.165) is 14.9 Å². The lowest BCUT2D eigenvalue weighted by Gasteiger charge is -2.21. The smallest absolute Gasteiger partial charge is 0.374 e. The van der Waals surface area contributed by atoms with Crippen LogP contribution >= 0.6 is 11.3 Å². The molecule has 4 rings (SSSR count). The van der Waals surface area contributed by atoms with Crippen molar-refractivity contribution in [2.45, 2.75) is 30.9 Å². The molecule has 1 aliphatic heterocycles. The topological polar surface area (TPSA) is 135 Å². The number of amides is 1. The number of carbonyl (C=O) groups excluding carboxylic acids is 2. The summed E-state index contributed by atoms with van der Waals surface area (Å²) in [6.07, 6.45) is 0.877. The van der Waals surface area contributed by atoms with Crippen LogP contribution in [0, 0.1) is 0 Å². The molecule has 1 amide bonds. The third-order valence-corrected chi connectivity index (χ3v) is 7.43. The van der Waals surface area contributed by atoms with E-state index >= 15 is 0 Å². The maximum Gasteiger partial charge on any atom is 0.374 e. The van der Waals surface area contributed by atoms with Crippen LogP contribution in [-0.2, 0) is 19.6 Å². The minimum Gasteiger partial charge on any atom is -0.460 e. The van der Waals surface area contributed by atoms with E-state index < -0.39 is 33.0 Å². The highest BCUT2D eigenvalue weighted by molar-refractivity contribution is 7.89. The first-order valence-corrected chi connectivity index (χ1v) is 11.9. The normalized spacial score (nSPS) is 17.0. The molecule has 4 heterocycles. The lowest BCUT2D eigenvalue weighted by Crippen LogP contribution is -2.43. The molecule has 3 aromatic rings. The maximum atomic E-state index is 13.0. The number of furan rings is 1. The Hall–Kier alpha value is -2.96. The number of ether oxygens (including phenoxy) is 1. The second-order valence-electron chi connectivity index (χ2n) is 6.75. The summed E-state index contributed by atoms with van der Waals surface area (Å²) in [5, 5.41) is 11.1. The second kappa shape index (κ2) is 8.65. The Balaban J connectivity index is 1.49. The monoisotopic (exact) mass is 464 g/mol. The SMILES string of the molecule is CCOC(=O)c1ccc(S(=O)(=O)N2CCCC2C(=O)Nc2cc(-c3cccs3)[nH]n2)o1. The fourth-order valence-corrected chi connectivity index (χ4v) is 5.59. The van der Waals surface area contributed by atoms with Crippen LogP contribution in [0.3, 0.4) is 0 Å². The number of nitrogens with zero attached hydrogens (tertiary/aromatic N) is 2. The number of H-pyrrole nitrogens is 1. The Labute approximate surface area is 182 Å². The summed E-state index contributed by atoms with van der Waals surface area (Å²) < 4.78 is 37.2. The number of anilines is 1. The van der Waals surface area contributed by atoms with Crippen LogP contribution in [0.25, 0.3) is 10.6 Å². The number of hydrogen-bond donors (Lipinski definition) is 2. The summed E-state index contributed by atoms with van der Waals surface area (Å²) in [5.74, 6) is -1.14. The molecule has 12 heteroatoms. The van der Waals surface area contributed by atoms with E-state index in [1.54, 1.807) is 13.0 Å². The van der Waals surface area contributed by atoms with Crippen molar-refractivity contribution in [1.29, 1.82) is 0 Å². The van der Waals surface area contributed by atoms with Crippen LogP contribution in [0.1, 0.15) is 30.3 Å².